The molecule has 270 valence electrons. The first-order valence-electron chi connectivity index (χ1n) is 17.6. The van der Waals surface area contributed by atoms with Crippen molar-refractivity contribution in [3.05, 3.63) is 105 Å². The highest BCUT2D eigenvalue weighted by Crippen LogP contribution is 2.38. The number of hydrogen-bond donors (Lipinski definition) is 2. The standard InChI is InChI=1S/C39H42Cl2FN9O/c1-39(2,3)50-11-9-30(10-12-50)51-24-35(47-48-51)37(26-6-4-5-25(17-26)23-49-13-15-52-16-14-49)46-29-18-31-36(45-28-7-8-34(42)32(40)19-28)27(21-43)22-44-38(31)33(41)20-29/h4-8,17-20,22,24,30,37,46H,9-16,23H2,1-3H3,(H,44,45). The minimum absolute atomic E-state index is 0.0336. The number of ether oxygens (including phenoxy) is 1. The molecule has 52 heavy (non-hydrogen) atoms. The highest BCUT2D eigenvalue weighted by atomic mass is 35.5. The lowest BCUT2D eigenvalue weighted by Crippen LogP contribution is -2.46. The van der Waals surface area contributed by atoms with Gasteiger partial charge in [-0.1, -0.05) is 52.7 Å². The third kappa shape index (κ3) is 8.02. The van der Waals surface area contributed by atoms with Crippen LogP contribution < -0.4 is 10.6 Å². The Morgan fingerprint density at radius 1 is 1.00 bits per heavy atom. The summed E-state index contributed by atoms with van der Waals surface area (Å²) >= 11 is 13.0. The van der Waals surface area contributed by atoms with E-state index in [1.54, 1.807) is 6.07 Å². The van der Waals surface area contributed by atoms with Gasteiger partial charge in [-0.05, 0) is 75.1 Å². The summed E-state index contributed by atoms with van der Waals surface area (Å²) in [6, 6.07) is 18.7. The summed E-state index contributed by atoms with van der Waals surface area (Å²) in [7, 11) is 0. The van der Waals surface area contributed by atoms with Gasteiger partial charge in [0.15, 0.2) is 0 Å². The summed E-state index contributed by atoms with van der Waals surface area (Å²) in [6.07, 6.45) is 5.53. The van der Waals surface area contributed by atoms with Gasteiger partial charge in [0.05, 0.1) is 58.3 Å². The number of nitriles is 1. The maximum Gasteiger partial charge on any atom is 0.141 e. The molecule has 0 amide bonds. The number of anilines is 3. The van der Waals surface area contributed by atoms with Crippen LogP contribution in [0.3, 0.4) is 0 Å². The van der Waals surface area contributed by atoms with Crippen LogP contribution in [0.2, 0.25) is 10.0 Å². The van der Waals surface area contributed by atoms with Gasteiger partial charge in [0.1, 0.15) is 17.6 Å². The Morgan fingerprint density at radius 2 is 1.77 bits per heavy atom. The van der Waals surface area contributed by atoms with Crippen LogP contribution in [0.15, 0.2) is 67.0 Å². The van der Waals surface area contributed by atoms with Gasteiger partial charge in [-0.2, -0.15) is 5.26 Å². The fourth-order valence-corrected chi connectivity index (χ4v) is 7.51. The second kappa shape index (κ2) is 15.3. The SMILES string of the molecule is CC(C)(C)N1CCC(n2cc(C(Nc3cc(Cl)c4ncc(C#N)c(Nc5ccc(F)c(Cl)c5)c4c3)c3cccc(CN4CCOCC4)c3)nn2)CC1. The maximum absolute atomic E-state index is 14.0. The lowest BCUT2D eigenvalue weighted by molar-refractivity contribution is 0.0342. The van der Waals surface area contributed by atoms with E-state index in [1.807, 2.05) is 16.8 Å². The van der Waals surface area contributed by atoms with Gasteiger partial charge in [-0.25, -0.2) is 9.07 Å². The monoisotopic (exact) mass is 741 g/mol. The molecular weight excluding hydrogens is 700 g/mol. The van der Waals surface area contributed by atoms with Crippen LogP contribution in [0.25, 0.3) is 10.9 Å². The van der Waals surface area contributed by atoms with Gasteiger partial charge in [-0.3, -0.25) is 14.8 Å². The first kappa shape index (κ1) is 36.1. The van der Waals surface area contributed by atoms with Crippen LogP contribution in [-0.2, 0) is 11.3 Å². The van der Waals surface area contributed by atoms with Gasteiger partial charge >= 0.3 is 0 Å². The Morgan fingerprint density at radius 3 is 2.50 bits per heavy atom. The smallest absolute Gasteiger partial charge is 0.141 e. The summed E-state index contributed by atoms with van der Waals surface area (Å²) in [5.41, 5.74) is 5.64. The number of likely N-dealkylation sites (tertiary alicyclic amines) is 1. The zero-order valence-corrected chi connectivity index (χ0v) is 31.1. The molecule has 2 saturated heterocycles. The van der Waals surface area contributed by atoms with Crippen molar-refractivity contribution in [1.29, 1.82) is 5.26 Å². The molecule has 2 fully saturated rings. The average Bonchev–Trinajstić information content (AvgIpc) is 3.63. The first-order valence-corrected chi connectivity index (χ1v) is 18.4. The Balaban J connectivity index is 1.25. The molecule has 1 unspecified atom stereocenters. The number of halogens is 3. The van der Waals surface area contributed by atoms with E-state index in [4.69, 9.17) is 33.0 Å². The van der Waals surface area contributed by atoms with Crippen LogP contribution in [0.1, 0.15) is 68.1 Å². The maximum atomic E-state index is 14.0. The van der Waals surface area contributed by atoms with Crippen molar-refractivity contribution >= 4 is 51.2 Å². The number of fused-ring (bicyclic) bond motifs is 1. The number of piperidine rings is 1. The summed E-state index contributed by atoms with van der Waals surface area (Å²) in [5, 5.41) is 27.4. The van der Waals surface area contributed by atoms with E-state index in [2.05, 4.69) is 87.9 Å². The van der Waals surface area contributed by atoms with Gasteiger partial charge in [0.2, 0.25) is 0 Å². The van der Waals surface area contributed by atoms with Crippen molar-refractivity contribution in [3.8, 4) is 6.07 Å². The molecule has 0 bridgehead atoms. The highest BCUT2D eigenvalue weighted by molar-refractivity contribution is 6.36. The summed E-state index contributed by atoms with van der Waals surface area (Å²) in [5.74, 6) is -0.533. The first-order chi connectivity index (χ1) is 25.1. The van der Waals surface area contributed by atoms with Gasteiger partial charge in [0.25, 0.3) is 0 Å². The van der Waals surface area contributed by atoms with Gasteiger partial charge in [-0.15, -0.1) is 5.10 Å². The predicted octanol–water partition coefficient (Wildman–Crippen LogP) is 8.36. The Bertz CT molecular complexity index is 2100. The van der Waals surface area contributed by atoms with Gasteiger partial charge in [0, 0.05) is 61.2 Å². The van der Waals surface area contributed by atoms with Crippen molar-refractivity contribution < 1.29 is 9.13 Å². The number of aromatic nitrogens is 4. The number of morpholine rings is 1. The predicted molar refractivity (Wildman–Crippen MR) is 204 cm³/mol. The molecule has 1 atom stereocenters. The number of nitrogens with one attached hydrogen (secondary N) is 2. The van der Waals surface area contributed by atoms with Crippen LogP contribution >= 0.6 is 23.2 Å². The molecule has 0 aliphatic carbocycles. The molecule has 7 rings (SSSR count). The van der Waals surface area contributed by atoms with E-state index in [9.17, 15) is 9.65 Å². The van der Waals surface area contributed by atoms with Crippen molar-refractivity contribution in [2.75, 3.05) is 50.0 Å². The van der Waals surface area contributed by atoms with Crippen LogP contribution in [0.4, 0.5) is 21.5 Å². The van der Waals surface area contributed by atoms with E-state index < -0.39 is 5.82 Å². The molecule has 0 radical (unpaired) electrons. The molecule has 10 nitrogen and oxygen atoms in total. The summed E-state index contributed by atoms with van der Waals surface area (Å²) < 4.78 is 21.6. The van der Waals surface area contributed by atoms with Gasteiger partial charge < -0.3 is 15.4 Å². The molecule has 13 heteroatoms. The van der Waals surface area contributed by atoms with E-state index in [0.717, 1.165) is 70.0 Å². The van der Waals surface area contributed by atoms with Crippen LogP contribution in [0.5, 0.6) is 0 Å². The fourth-order valence-electron chi connectivity index (χ4n) is 7.07. The number of rotatable bonds is 9. The second-order valence-electron chi connectivity index (χ2n) is 14.5. The quantitative estimate of drug-likeness (QED) is 0.154. The van der Waals surface area contributed by atoms with Crippen LogP contribution in [-0.4, -0.2) is 74.7 Å². The Labute approximate surface area is 313 Å². The topological polar surface area (TPSA) is 107 Å². The minimum atomic E-state index is -0.533. The number of nitrogens with zero attached hydrogens (tertiary/aromatic N) is 7. The van der Waals surface area contributed by atoms with E-state index in [1.165, 1.54) is 23.9 Å². The second-order valence-corrected chi connectivity index (χ2v) is 15.3. The van der Waals surface area contributed by atoms with Crippen molar-refractivity contribution in [3.63, 3.8) is 0 Å². The molecule has 3 aromatic carbocycles. The highest BCUT2D eigenvalue weighted by Gasteiger charge is 2.29. The Hall–Kier alpha value is -4.31. The van der Waals surface area contributed by atoms with Crippen molar-refractivity contribution in [2.24, 2.45) is 0 Å². The molecule has 5 aromatic rings. The largest absolute Gasteiger partial charge is 0.379 e. The third-order valence-corrected chi connectivity index (χ3v) is 10.5. The van der Waals surface area contributed by atoms with Crippen molar-refractivity contribution in [2.45, 2.75) is 57.8 Å². The third-order valence-electron chi connectivity index (χ3n) is 9.95. The number of hydrogen-bond acceptors (Lipinski definition) is 9. The summed E-state index contributed by atoms with van der Waals surface area (Å²) in [6.45, 7) is 12.9. The molecule has 0 spiro atoms. The summed E-state index contributed by atoms with van der Waals surface area (Å²) in [4.78, 5) is 9.44. The zero-order chi connectivity index (χ0) is 36.4. The molecule has 2 aliphatic rings. The zero-order valence-electron chi connectivity index (χ0n) is 29.5. The molecule has 0 saturated carbocycles. The molecular formula is C39H42Cl2FN9O. The lowest BCUT2D eigenvalue weighted by atomic mass is 9.98. The number of pyridine rings is 1. The van der Waals surface area contributed by atoms with E-state index >= 15 is 0 Å². The molecule has 2 aromatic heterocycles. The lowest BCUT2D eigenvalue weighted by Gasteiger charge is -2.40. The fraction of sp³-hybridized carbons (Fsp3) is 0.385. The van der Waals surface area contributed by atoms with Crippen molar-refractivity contribution in [1.82, 2.24) is 29.8 Å². The molecule has 2 N–H and O–H groups in total. The van der Waals surface area contributed by atoms with Crippen LogP contribution in [0, 0.1) is 17.1 Å². The molecule has 2 aliphatic heterocycles. The Kier molecular flexibility index (Phi) is 10.6. The average molecular weight is 743 g/mol. The normalized spacial score (nSPS) is 16.9. The van der Waals surface area contributed by atoms with E-state index in [-0.39, 0.29) is 22.6 Å². The minimum Gasteiger partial charge on any atom is -0.379 e. The molecule has 4 heterocycles. The number of benzene rings is 3. The van der Waals surface area contributed by atoms with E-state index in [0.29, 0.717) is 38.6 Å².